The summed E-state index contributed by atoms with van der Waals surface area (Å²) < 4.78 is 5.65. The van der Waals surface area contributed by atoms with Gasteiger partial charge in [0.15, 0.2) is 0 Å². The fraction of sp³-hybridized carbons (Fsp3) is 0.267. The topological polar surface area (TPSA) is 52.3 Å². The van der Waals surface area contributed by atoms with Crippen molar-refractivity contribution in [2.45, 2.75) is 20.3 Å². The Morgan fingerprint density at radius 2 is 2.16 bits per heavy atom. The predicted molar refractivity (Wildman–Crippen MR) is 81.7 cm³/mol. The van der Waals surface area contributed by atoms with Crippen molar-refractivity contribution in [1.29, 1.82) is 0 Å². The van der Waals surface area contributed by atoms with E-state index in [0.717, 1.165) is 17.6 Å². The Morgan fingerprint density at radius 1 is 1.42 bits per heavy atom. The van der Waals surface area contributed by atoms with Gasteiger partial charge in [0.25, 0.3) is 0 Å². The highest BCUT2D eigenvalue weighted by Crippen LogP contribution is 2.17. The molecule has 1 aromatic carbocycles. The second kappa shape index (κ2) is 7.69. The molecule has 19 heavy (non-hydrogen) atoms. The number of hydrogen-bond donors (Lipinski definition) is 2. The van der Waals surface area contributed by atoms with Crippen LogP contribution in [0.1, 0.15) is 29.3 Å². The molecule has 1 rings (SSSR count). The van der Waals surface area contributed by atoms with Gasteiger partial charge in [0.2, 0.25) is 5.91 Å². The molecule has 0 atom stereocenters. The number of carbonyl (C=O) groups is 1. The zero-order chi connectivity index (χ0) is 14.3. The van der Waals surface area contributed by atoms with Crippen LogP contribution in [0.2, 0.25) is 0 Å². The SMILES string of the molecule is C/C=C(\C=C/S)CCOc1cc(C)cc(C(N)=O)c1. The van der Waals surface area contributed by atoms with Crippen molar-refractivity contribution in [2.24, 2.45) is 5.73 Å². The minimum absolute atomic E-state index is 0.444. The summed E-state index contributed by atoms with van der Waals surface area (Å²) in [7, 11) is 0. The Kier molecular flexibility index (Phi) is 6.22. The van der Waals surface area contributed by atoms with Crippen LogP contribution in [-0.2, 0) is 0 Å². The van der Waals surface area contributed by atoms with E-state index in [1.807, 2.05) is 32.1 Å². The van der Waals surface area contributed by atoms with Crippen LogP contribution in [0.4, 0.5) is 0 Å². The lowest BCUT2D eigenvalue weighted by molar-refractivity contribution is 0.0999. The van der Waals surface area contributed by atoms with Gasteiger partial charge in [0.1, 0.15) is 5.75 Å². The summed E-state index contributed by atoms with van der Waals surface area (Å²) >= 11 is 4.04. The number of nitrogens with two attached hydrogens (primary N) is 1. The monoisotopic (exact) mass is 277 g/mol. The lowest BCUT2D eigenvalue weighted by Crippen LogP contribution is -2.11. The summed E-state index contributed by atoms with van der Waals surface area (Å²) in [5.41, 5.74) is 7.84. The van der Waals surface area contributed by atoms with E-state index in [2.05, 4.69) is 12.6 Å². The Hall–Kier alpha value is -1.68. The fourth-order valence-electron chi connectivity index (χ4n) is 1.68. The van der Waals surface area contributed by atoms with Gasteiger partial charge in [0, 0.05) is 12.0 Å². The van der Waals surface area contributed by atoms with E-state index in [-0.39, 0.29) is 0 Å². The normalized spacial score (nSPS) is 11.8. The van der Waals surface area contributed by atoms with Crippen LogP contribution in [0.15, 0.2) is 41.3 Å². The van der Waals surface area contributed by atoms with Crippen LogP contribution in [0.5, 0.6) is 5.75 Å². The van der Waals surface area contributed by atoms with Crippen LogP contribution in [0.3, 0.4) is 0 Å². The van der Waals surface area contributed by atoms with Gasteiger partial charge in [-0.2, -0.15) is 12.6 Å². The molecule has 3 nitrogen and oxygen atoms in total. The zero-order valence-electron chi connectivity index (χ0n) is 11.2. The number of benzene rings is 1. The standard InChI is InChI=1S/C15H19NO2S/c1-3-12(5-7-19)4-6-18-14-9-11(2)8-13(10-14)15(16)17/h3,5,7-10,19H,4,6H2,1-2H3,(H2,16,17)/b7-5-,12-3-. The lowest BCUT2D eigenvalue weighted by atomic mass is 10.1. The maximum atomic E-state index is 11.2. The van der Waals surface area contributed by atoms with Gasteiger partial charge in [-0.3, -0.25) is 4.79 Å². The molecule has 0 aromatic heterocycles. The summed E-state index contributed by atoms with van der Waals surface area (Å²) in [4.78, 5) is 11.2. The molecule has 0 unspecified atom stereocenters. The van der Waals surface area contributed by atoms with E-state index >= 15 is 0 Å². The largest absolute Gasteiger partial charge is 0.493 e. The van der Waals surface area contributed by atoms with Crippen molar-refractivity contribution in [2.75, 3.05) is 6.61 Å². The number of thiol groups is 1. The molecule has 4 heteroatoms. The van der Waals surface area contributed by atoms with Crippen LogP contribution in [-0.4, -0.2) is 12.5 Å². The van der Waals surface area contributed by atoms with Crippen molar-refractivity contribution in [3.8, 4) is 5.75 Å². The van der Waals surface area contributed by atoms with Crippen LogP contribution < -0.4 is 10.5 Å². The highest BCUT2D eigenvalue weighted by Gasteiger charge is 2.04. The molecular formula is C15H19NO2S. The van der Waals surface area contributed by atoms with Crippen molar-refractivity contribution >= 4 is 18.5 Å². The molecular weight excluding hydrogens is 258 g/mol. The highest BCUT2D eigenvalue weighted by atomic mass is 32.1. The molecule has 102 valence electrons. The van der Waals surface area contributed by atoms with E-state index in [9.17, 15) is 4.79 Å². The molecule has 0 fully saturated rings. The number of hydrogen-bond acceptors (Lipinski definition) is 3. The minimum atomic E-state index is -0.444. The first-order chi connectivity index (χ1) is 9.06. The predicted octanol–water partition coefficient (Wildman–Crippen LogP) is 3.25. The third kappa shape index (κ3) is 5.22. The molecule has 0 bridgehead atoms. The first-order valence-electron chi connectivity index (χ1n) is 6.07. The van der Waals surface area contributed by atoms with Crippen LogP contribution >= 0.6 is 12.6 Å². The van der Waals surface area contributed by atoms with Gasteiger partial charge in [-0.05, 0) is 48.6 Å². The van der Waals surface area contributed by atoms with Crippen molar-refractivity contribution in [3.05, 3.63) is 52.5 Å². The maximum absolute atomic E-state index is 11.2. The molecule has 1 aromatic rings. The quantitative estimate of drug-likeness (QED) is 0.619. The number of allylic oxidation sites excluding steroid dienone is 2. The van der Waals surface area contributed by atoms with E-state index < -0.39 is 5.91 Å². The third-order valence-electron chi connectivity index (χ3n) is 2.65. The van der Waals surface area contributed by atoms with Crippen LogP contribution in [0.25, 0.3) is 0 Å². The minimum Gasteiger partial charge on any atom is -0.493 e. The number of amides is 1. The summed E-state index contributed by atoms with van der Waals surface area (Å²) in [6, 6.07) is 5.30. The molecule has 1 amide bonds. The summed E-state index contributed by atoms with van der Waals surface area (Å²) in [6.07, 6.45) is 4.73. The molecule has 0 radical (unpaired) electrons. The average molecular weight is 277 g/mol. The summed E-state index contributed by atoms with van der Waals surface area (Å²) in [6.45, 7) is 4.42. The summed E-state index contributed by atoms with van der Waals surface area (Å²) in [5, 5.41) is 1.70. The molecule has 0 spiro atoms. The van der Waals surface area contributed by atoms with Crippen molar-refractivity contribution in [1.82, 2.24) is 0 Å². The van der Waals surface area contributed by atoms with E-state index in [0.29, 0.717) is 17.9 Å². The molecule has 0 saturated heterocycles. The second-order valence-electron chi connectivity index (χ2n) is 4.18. The first kappa shape index (κ1) is 15.4. The number of rotatable bonds is 6. The van der Waals surface area contributed by atoms with Crippen molar-refractivity contribution in [3.63, 3.8) is 0 Å². The average Bonchev–Trinajstić information content (AvgIpc) is 2.37. The molecule has 2 N–H and O–H groups in total. The Bertz CT molecular complexity index is 507. The van der Waals surface area contributed by atoms with Crippen LogP contribution in [0, 0.1) is 6.92 Å². The van der Waals surface area contributed by atoms with Gasteiger partial charge in [0.05, 0.1) is 6.61 Å². The van der Waals surface area contributed by atoms with Gasteiger partial charge < -0.3 is 10.5 Å². The number of primary amides is 1. The third-order valence-corrected chi connectivity index (χ3v) is 2.80. The molecule has 0 saturated carbocycles. The Labute approximate surface area is 119 Å². The number of carbonyl (C=O) groups excluding carboxylic acids is 1. The Balaban J connectivity index is 2.65. The number of aryl methyl sites for hydroxylation is 1. The molecule has 0 aliphatic heterocycles. The molecule has 0 heterocycles. The highest BCUT2D eigenvalue weighted by molar-refractivity contribution is 7.83. The van der Waals surface area contributed by atoms with Crippen molar-refractivity contribution < 1.29 is 9.53 Å². The van der Waals surface area contributed by atoms with E-state index in [4.69, 9.17) is 10.5 Å². The first-order valence-corrected chi connectivity index (χ1v) is 6.58. The smallest absolute Gasteiger partial charge is 0.248 e. The molecule has 0 aliphatic carbocycles. The summed E-state index contributed by atoms with van der Waals surface area (Å²) in [5.74, 6) is 0.222. The second-order valence-corrected chi connectivity index (χ2v) is 4.47. The maximum Gasteiger partial charge on any atom is 0.248 e. The van der Waals surface area contributed by atoms with Gasteiger partial charge in [-0.15, -0.1) is 0 Å². The van der Waals surface area contributed by atoms with E-state index in [1.54, 1.807) is 17.5 Å². The lowest BCUT2D eigenvalue weighted by Gasteiger charge is -2.09. The van der Waals surface area contributed by atoms with E-state index in [1.165, 1.54) is 0 Å². The van der Waals surface area contributed by atoms with Gasteiger partial charge in [-0.1, -0.05) is 12.2 Å². The number of ether oxygens (including phenoxy) is 1. The Morgan fingerprint density at radius 3 is 2.74 bits per heavy atom. The molecule has 0 aliphatic rings. The fourth-order valence-corrected chi connectivity index (χ4v) is 1.87. The van der Waals surface area contributed by atoms with Gasteiger partial charge >= 0.3 is 0 Å². The van der Waals surface area contributed by atoms with Gasteiger partial charge in [-0.25, -0.2) is 0 Å². The zero-order valence-corrected chi connectivity index (χ0v) is 12.1.